The zero-order valence-electron chi connectivity index (χ0n) is 3.30. The van der Waals surface area contributed by atoms with Crippen LogP contribution < -0.4 is 0 Å². The smallest absolute Gasteiger partial charge is 0.371 e. The molecule has 1 aliphatic rings. The minimum absolute atomic E-state index is 0.109. The van der Waals surface area contributed by atoms with Crippen LogP contribution in [-0.4, -0.2) is 10.7 Å². The van der Waals surface area contributed by atoms with E-state index in [1.165, 1.54) is 11.8 Å². The second kappa shape index (κ2) is 1.15. The quantitative estimate of drug-likeness (QED) is 0.432. The second-order valence-electron chi connectivity index (χ2n) is 1.05. The molecule has 1 rings (SSSR count). The van der Waals surface area contributed by atoms with Crippen LogP contribution in [0.5, 0.6) is 0 Å². The highest BCUT2D eigenvalue weighted by atomic mass is 32.2. The van der Waals surface area contributed by atoms with Crippen LogP contribution >= 0.6 is 11.8 Å². The van der Waals surface area contributed by atoms with E-state index < -0.39 is 0 Å². The Labute approximate surface area is 39.9 Å². The molecule has 0 aromatic carbocycles. The summed E-state index contributed by atoms with van der Waals surface area (Å²) in [5, 5.41) is -0.150. The Morgan fingerprint density at radius 1 is 2.00 bits per heavy atom. The number of thioether (sulfide) groups is 1. The highest BCUT2D eigenvalue weighted by Crippen LogP contribution is 2.26. The van der Waals surface area contributed by atoms with E-state index in [0.29, 0.717) is 0 Å². The summed E-state index contributed by atoms with van der Waals surface area (Å²) in [5.74, 6) is 0. The molecule has 0 radical (unpaired) electrons. The molecule has 0 N–H and O–H groups in total. The van der Waals surface area contributed by atoms with E-state index in [-0.39, 0.29) is 10.7 Å². The van der Waals surface area contributed by atoms with Crippen molar-refractivity contribution in [3.63, 3.8) is 0 Å². The van der Waals surface area contributed by atoms with Gasteiger partial charge >= 0.3 is 5.30 Å². The number of ether oxygens (including phenoxy) is 1. The fraction of sp³-hybridized carbons (Fsp3) is 0.667. The molecule has 0 amide bonds. The molecule has 3 heteroatoms. The van der Waals surface area contributed by atoms with Gasteiger partial charge in [0.2, 0.25) is 0 Å². The average Bonchev–Trinajstić information content (AvgIpc) is 1.33. The molecule has 2 nitrogen and oxygen atoms in total. The Balaban J connectivity index is 2.28. The summed E-state index contributed by atoms with van der Waals surface area (Å²) in [6.07, 6.45) is 0. The number of carbonyl (C=O) groups excluding carboxylic acids is 1. The first-order valence-electron chi connectivity index (χ1n) is 1.66. The summed E-state index contributed by atoms with van der Waals surface area (Å²) in [6.45, 7) is 1.84. The van der Waals surface area contributed by atoms with Crippen LogP contribution in [0, 0.1) is 0 Å². The lowest BCUT2D eigenvalue weighted by Crippen LogP contribution is -2.19. The van der Waals surface area contributed by atoms with Crippen molar-refractivity contribution >= 4 is 17.1 Å². The van der Waals surface area contributed by atoms with E-state index in [9.17, 15) is 4.79 Å². The standard InChI is InChI=1S/C3H4O2S/c1-2-5-3(4)6-2/h2H,1H3. The van der Waals surface area contributed by atoms with Crippen LogP contribution in [0.2, 0.25) is 0 Å². The van der Waals surface area contributed by atoms with Gasteiger partial charge in [-0.2, -0.15) is 0 Å². The molecule has 0 aromatic rings. The largest absolute Gasteiger partial charge is 0.443 e. The zero-order chi connectivity index (χ0) is 4.57. The molecular weight excluding hydrogens is 100 g/mol. The first-order valence-corrected chi connectivity index (χ1v) is 2.54. The van der Waals surface area contributed by atoms with Crippen molar-refractivity contribution in [1.29, 1.82) is 0 Å². The molecule has 1 heterocycles. The minimum atomic E-state index is -0.150. The van der Waals surface area contributed by atoms with E-state index in [2.05, 4.69) is 4.74 Å². The Hall–Kier alpha value is -0.180. The summed E-state index contributed by atoms with van der Waals surface area (Å²) >= 11 is 1.22. The van der Waals surface area contributed by atoms with Gasteiger partial charge in [-0.3, -0.25) is 0 Å². The molecule has 0 aromatic heterocycles. The average molecular weight is 104 g/mol. The summed E-state index contributed by atoms with van der Waals surface area (Å²) in [4.78, 5) is 9.85. The van der Waals surface area contributed by atoms with E-state index in [1.807, 2.05) is 6.92 Å². The topological polar surface area (TPSA) is 26.3 Å². The number of hydrogen-bond donors (Lipinski definition) is 0. The van der Waals surface area contributed by atoms with E-state index in [0.717, 1.165) is 0 Å². The lowest BCUT2D eigenvalue weighted by molar-refractivity contribution is 0.153. The lowest BCUT2D eigenvalue weighted by atomic mass is 10.8. The maximum Gasteiger partial charge on any atom is 0.371 e. The maximum atomic E-state index is 9.85. The number of carbonyl (C=O) groups is 1. The van der Waals surface area contributed by atoms with Crippen LogP contribution in [0.15, 0.2) is 0 Å². The van der Waals surface area contributed by atoms with Gasteiger partial charge in [0.05, 0.1) is 0 Å². The highest BCUT2D eigenvalue weighted by molar-refractivity contribution is 8.15. The monoisotopic (exact) mass is 104 g/mol. The van der Waals surface area contributed by atoms with Crippen LogP contribution in [-0.2, 0) is 4.74 Å². The number of hydrogen-bond acceptors (Lipinski definition) is 3. The molecule has 0 spiro atoms. The summed E-state index contributed by atoms with van der Waals surface area (Å²) in [7, 11) is 0. The minimum Gasteiger partial charge on any atom is -0.443 e. The molecule has 0 saturated carbocycles. The van der Waals surface area contributed by atoms with Gasteiger partial charge in [-0.15, -0.1) is 0 Å². The summed E-state index contributed by atoms with van der Waals surface area (Å²) in [5.41, 5.74) is 0.109. The molecule has 1 unspecified atom stereocenters. The van der Waals surface area contributed by atoms with Gasteiger partial charge in [0.15, 0.2) is 5.44 Å². The van der Waals surface area contributed by atoms with Gasteiger partial charge in [-0.05, 0) is 6.92 Å². The van der Waals surface area contributed by atoms with Gasteiger partial charge in [-0.25, -0.2) is 4.79 Å². The molecule has 6 heavy (non-hydrogen) atoms. The van der Waals surface area contributed by atoms with Crippen molar-refractivity contribution < 1.29 is 9.53 Å². The fourth-order valence-electron chi connectivity index (χ4n) is 0.280. The third-order valence-electron chi connectivity index (χ3n) is 0.524. The van der Waals surface area contributed by atoms with Crippen molar-refractivity contribution in [3.8, 4) is 0 Å². The molecule has 34 valence electrons. The predicted molar refractivity (Wildman–Crippen MR) is 23.5 cm³/mol. The summed E-state index contributed by atoms with van der Waals surface area (Å²) < 4.78 is 4.46. The van der Waals surface area contributed by atoms with Gasteiger partial charge in [0, 0.05) is 11.8 Å². The van der Waals surface area contributed by atoms with Gasteiger partial charge in [0.1, 0.15) is 0 Å². The number of rotatable bonds is 0. The molecular formula is C3H4O2S. The molecule has 1 atom stereocenters. The molecule has 0 bridgehead atoms. The summed E-state index contributed by atoms with van der Waals surface area (Å²) in [6, 6.07) is 0. The normalized spacial score (nSPS) is 31.5. The van der Waals surface area contributed by atoms with Crippen molar-refractivity contribution in [2.24, 2.45) is 0 Å². The van der Waals surface area contributed by atoms with Crippen LogP contribution in [0.4, 0.5) is 4.79 Å². The van der Waals surface area contributed by atoms with Crippen molar-refractivity contribution in [2.75, 3.05) is 0 Å². The predicted octanol–water partition coefficient (Wildman–Crippen LogP) is 1.22. The van der Waals surface area contributed by atoms with E-state index >= 15 is 0 Å². The first-order chi connectivity index (χ1) is 2.79. The van der Waals surface area contributed by atoms with Crippen LogP contribution in [0.25, 0.3) is 0 Å². The third-order valence-corrected chi connectivity index (χ3v) is 1.24. The molecule has 1 fully saturated rings. The zero-order valence-corrected chi connectivity index (χ0v) is 4.12. The van der Waals surface area contributed by atoms with Crippen LogP contribution in [0.3, 0.4) is 0 Å². The Kier molecular flexibility index (Phi) is 0.765. The van der Waals surface area contributed by atoms with Crippen LogP contribution in [0.1, 0.15) is 6.92 Å². The molecule has 1 saturated heterocycles. The molecule has 0 aliphatic carbocycles. The fourth-order valence-corrected chi connectivity index (χ4v) is 0.743. The van der Waals surface area contributed by atoms with Crippen molar-refractivity contribution in [2.45, 2.75) is 12.4 Å². The Morgan fingerprint density at radius 3 is 2.50 bits per heavy atom. The van der Waals surface area contributed by atoms with E-state index in [4.69, 9.17) is 0 Å². The number of cyclic esters (lactones) is 1. The van der Waals surface area contributed by atoms with Gasteiger partial charge in [-0.1, -0.05) is 0 Å². The van der Waals surface area contributed by atoms with Gasteiger partial charge in [0.25, 0.3) is 0 Å². The SMILES string of the molecule is CC1OC(=O)S1. The van der Waals surface area contributed by atoms with Gasteiger partial charge < -0.3 is 4.74 Å². The lowest BCUT2D eigenvalue weighted by Gasteiger charge is -2.18. The first kappa shape index (κ1) is 3.99. The van der Waals surface area contributed by atoms with Crippen molar-refractivity contribution in [3.05, 3.63) is 0 Å². The third kappa shape index (κ3) is 0.497. The second-order valence-corrected chi connectivity index (χ2v) is 2.29. The Morgan fingerprint density at radius 2 is 2.50 bits per heavy atom. The molecule has 1 aliphatic heterocycles. The Bertz CT molecular complexity index is 72.9. The maximum absolute atomic E-state index is 9.85. The van der Waals surface area contributed by atoms with E-state index in [1.54, 1.807) is 0 Å². The van der Waals surface area contributed by atoms with Crippen molar-refractivity contribution in [1.82, 2.24) is 0 Å². The highest BCUT2D eigenvalue weighted by Gasteiger charge is 2.23.